The number of ether oxygens (including phenoxy) is 1. The number of carbonyl (C=O) groups excluding carboxylic acids is 1. The van der Waals surface area contributed by atoms with Gasteiger partial charge in [-0.1, -0.05) is 19.4 Å². The van der Waals surface area contributed by atoms with Crippen molar-refractivity contribution in [2.75, 3.05) is 25.0 Å². The Bertz CT molecular complexity index is 654. The molecule has 1 fully saturated rings. The van der Waals surface area contributed by atoms with E-state index in [1.54, 1.807) is 18.2 Å². The summed E-state index contributed by atoms with van der Waals surface area (Å²) in [6.07, 6.45) is 2.88. The molecule has 1 atom stereocenters. The summed E-state index contributed by atoms with van der Waals surface area (Å²) in [6, 6.07) is 6.42. The van der Waals surface area contributed by atoms with Crippen LogP contribution in [0, 0.1) is 0 Å². The molecule has 1 amide bonds. The third-order valence-electron chi connectivity index (χ3n) is 4.09. The molecule has 2 rings (SSSR count). The minimum absolute atomic E-state index is 0.214. The van der Waals surface area contributed by atoms with Crippen LogP contribution >= 0.6 is 0 Å². The zero-order chi connectivity index (χ0) is 17.6. The zero-order valence-electron chi connectivity index (χ0n) is 14.3. The lowest BCUT2D eigenvalue weighted by Crippen LogP contribution is -2.35. The monoisotopic (exact) mass is 354 g/mol. The minimum atomic E-state index is -3.51. The predicted octanol–water partition coefficient (Wildman–Crippen LogP) is 2.61. The van der Waals surface area contributed by atoms with E-state index in [9.17, 15) is 13.2 Å². The maximum absolute atomic E-state index is 12.7. The summed E-state index contributed by atoms with van der Waals surface area (Å²) >= 11 is 0. The molecular formula is C17H26N2O4S. The fourth-order valence-corrected chi connectivity index (χ4v) is 4.35. The first-order valence-electron chi connectivity index (χ1n) is 8.51. The van der Waals surface area contributed by atoms with E-state index in [1.807, 2.05) is 13.8 Å². The largest absolute Gasteiger partial charge is 0.369 e. The second-order valence-corrected chi connectivity index (χ2v) is 7.77. The van der Waals surface area contributed by atoms with E-state index in [2.05, 4.69) is 5.32 Å². The van der Waals surface area contributed by atoms with Gasteiger partial charge in [-0.2, -0.15) is 4.31 Å². The summed E-state index contributed by atoms with van der Waals surface area (Å²) in [6.45, 7) is 5.27. The van der Waals surface area contributed by atoms with Crippen LogP contribution in [-0.4, -0.2) is 44.4 Å². The van der Waals surface area contributed by atoms with Crippen molar-refractivity contribution >= 4 is 21.6 Å². The first kappa shape index (κ1) is 18.9. The summed E-state index contributed by atoms with van der Waals surface area (Å²) < 4.78 is 32.3. The lowest BCUT2D eigenvalue weighted by Gasteiger charge is -2.26. The first-order chi connectivity index (χ1) is 11.5. The molecule has 0 saturated carbocycles. The number of sulfonamides is 1. The summed E-state index contributed by atoms with van der Waals surface area (Å²) in [7, 11) is -3.51. The average molecular weight is 354 g/mol. The van der Waals surface area contributed by atoms with Gasteiger partial charge in [-0.25, -0.2) is 8.42 Å². The van der Waals surface area contributed by atoms with Crippen LogP contribution < -0.4 is 5.32 Å². The molecule has 0 radical (unpaired) electrons. The van der Waals surface area contributed by atoms with E-state index >= 15 is 0 Å². The van der Waals surface area contributed by atoms with Crippen molar-refractivity contribution in [1.29, 1.82) is 0 Å². The Morgan fingerprint density at radius 3 is 2.58 bits per heavy atom. The fraction of sp³-hybridized carbons (Fsp3) is 0.588. The van der Waals surface area contributed by atoms with Gasteiger partial charge < -0.3 is 10.1 Å². The molecule has 1 N–H and O–H groups in total. The van der Waals surface area contributed by atoms with Gasteiger partial charge in [0.25, 0.3) is 5.91 Å². The van der Waals surface area contributed by atoms with Crippen LogP contribution in [-0.2, 0) is 19.6 Å². The number of amides is 1. The maximum atomic E-state index is 12.7. The van der Waals surface area contributed by atoms with Crippen LogP contribution in [0.3, 0.4) is 0 Å². The number of carbonyl (C=O) groups is 1. The molecule has 1 aromatic carbocycles. The second-order valence-electron chi connectivity index (χ2n) is 5.83. The van der Waals surface area contributed by atoms with Crippen LogP contribution in [0.5, 0.6) is 0 Å². The molecule has 134 valence electrons. The van der Waals surface area contributed by atoms with E-state index in [1.165, 1.54) is 10.4 Å². The molecule has 1 aromatic rings. The Hall–Kier alpha value is -1.44. The van der Waals surface area contributed by atoms with Gasteiger partial charge in [0.2, 0.25) is 10.0 Å². The molecule has 1 aliphatic heterocycles. The summed E-state index contributed by atoms with van der Waals surface area (Å²) in [4.78, 5) is 12.4. The van der Waals surface area contributed by atoms with Crippen molar-refractivity contribution in [1.82, 2.24) is 4.31 Å². The van der Waals surface area contributed by atoms with Crippen LogP contribution in [0.4, 0.5) is 5.69 Å². The Labute approximate surface area is 144 Å². The van der Waals surface area contributed by atoms with Crippen molar-refractivity contribution in [3.8, 4) is 0 Å². The molecule has 6 nitrogen and oxygen atoms in total. The van der Waals surface area contributed by atoms with E-state index in [4.69, 9.17) is 4.74 Å². The van der Waals surface area contributed by atoms with Crippen LogP contribution in [0.1, 0.15) is 39.5 Å². The number of nitrogens with one attached hydrogen (secondary N) is 1. The highest BCUT2D eigenvalue weighted by Gasteiger charge is 2.26. The number of hydrogen-bond donors (Lipinski definition) is 1. The van der Waals surface area contributed by atoms with Gasteiger partial charge >= 0.3 is 0 Å². The number of hydrogen-bond acceptors (Lipinski definition) is 4. The maximum Gasteiger partial charge on any atom is 0.253 e. The van der Waals surface area contributed by atoms with Gasteiger partial charge in [0.05, 0.1) is 4.90 Å². The van der Waals surface area contributed by atoms with Crippen molar-refractivity contribution in [2.24, 2.45) is 0 Å². The summed E-state index contributed by atoms with van der Waals surface area (Å²) in [5.74, 6) is -0.258. The average Bonchev–Trinajstić information content (AvgIpc) is 2.60. The lowest BCUT2D eigenvalue weighted by molar-refractivity contribution is -0.127. The Balaban J connectivity index is 2.15. The molecule has 0 spiro atoms. The highest BCUT2D eigenvalue weighted by molar-refractivity contribution is 7.89. The standard InChI is InChI=1S/C17H26N2O4S/c1-3-16(23-4-2)17(20)18-14-9-8-10-15(13-14)24(21,22)19-11-6-5-7-12-19/h8-10,13,16H,3-7,11-12H2,1-2H3,(H,18,20). The molecule has 1 unspecified atom stereocenters. The third-order valence-corrected chi connectivity index (χ3v) is 5.98. The molecule has 1 saturated heterocycles. The molecule has 24 heavy (non-hydrogen) atoms. The number of piperidine rings is 1. The summed E-state index contributed by atoms with van der Waals surface area (Å²) in [5.41, 5.74) is 0.469. The molecule has 0 aromatic heterocycles. The number of nitrogens with zero attached hydrogens (tertiary/aromatic N) is 1. The highest BCUT2D eigenvalue weighted by Crippen LogP contribution is 2.23. The van der Waals surface area contributed by atoms with Gasteiger partial charge in [0.1, 0.15) is 6.10 Å². The predicted molar refractivity (Wildman–Crippen MR) is 93.4 cm³/mol. The lowest BCUT2D eigenvalue weighted by atomic mass is 10.2. The molecule has 1 heterocycles. The molecule has 7 heteroatoms. The van der Waals surface area contributed by atoms with Crippen molar-refractivity contribution in [3.05, 3.63) is 24.3 Å². The van der Waals surface area contributed by atoms with E-state index < -0.39 is 16.1 Å². The Morgan fingerprint density at radius 2 is 1.96 bits per heavy atom. The first-order valence-corrected chi connectivity index (χ1v) is 9.95. The molecule has 0 aliphatic carbocycles. The Kier molecular flexibility index (Phi) is 6.77. The molecule has 0 bridgehead atoms. The Morgan fingerprint density at radius 1 is 1.25 bits per heavy atom. The number of rotatable bonds is 7. The highest BCUT2D eigenvalue weighted by atomic mass is 32.2. The second kappa shape index (κ2) is 8.60. The van der Waals surface area contributed by atoms with Crippen molar-refractivity contribution < 1.29 is 17.9 Å². The van der Waals surface area contributed by atoms with Gasteiger partial charge in [-0.05, 0) is 44.4 Å². The molecular weight excluding hydrogens is 328 g/mol. The normalized spacial score (nSPS) is 17.4. The van der Waals surface area contributed by atoms with E-state index in [-0.39, 0.29) is 10.8 Å². The number of benzene rings is 1. The number of anilines is 1. The SMILES string of the molecule is CCOC(CC)C(=O)Nc1cccc(S(=O)(=O)N2CCCCC2)c1. The third kappa shape index (κ3) is 4.55. The topological polar surface area (TPSA) is 75.7 Å². The van der Waals surface area contributed by atoms with Gasteiger partial charge in [-0.3, -0.25) is 4.79 Å². The fourth-order valence-electron chi connectivity index (χ4n) is 2.79. The minimum Gasteiger partial charge on any atom is -0.369 e. The zero-order valence-corrected chi connectivity index (χ0v) is 15.1. The summed E-state index contributed by atoms with van der Waals surface area (Å²) in [5, 5.41) is 2.75. The van der Waals surface area contributed by atoms with Gasteiger partial charge in [0, 0.05) is 25.4 Å². The van der Waals surface area contributed by atoms with Crippen molar-refractivity contribution in [3.63, 3.8) is 0 Å². The quantitative estimate of drug-likeness (QED) is 0.817. The van der Waals surface area contributed by atoms with Gasteiger partial charge in [-0.15, -0.1) is 0 Å². The van der Waals surface area contributed by atoms with Crippen LogP contribution in [0.2, 0.25) is 0 Å². The molecule has 1 aliphatic rings. The van der Waals surface area contributed by atoms with E-state index in [0.717, 1.165) is 19.3 Å². The van der Waals surface area contributed by atoms with E-state index in [0.29, 0.717) is 31.8 Å². The smallest absolute Gasteiger partial charge is 0.253 e. The van der Waals surface area contributed by atoms with Crippen LogP contribution in [0.15, 0.2) is 29.2 Å². The van der Waals surface area contributed by atoms with Gasteiger partial charge in [0.15, 0.2) is 0 Å². The van der Waals surface area contributed by atoms with Crippen molar-refractivity contribution in [2.45, 2.75) is 50.5 Å². The van der Waals surface area contributed by atoms with Crippen LogP contribution in [0.25, 0.3) is 0 Å².